The third kappa shape index (κ3) is 8.66. The summed E-state index contributed by atoms with van der Waals surface area (Å²) in [6, 6.07) is 0. The van der Waals surface area contributed by atoms with Gasteiger partial charge >= 0.3 is 5.97 Å². The van der Waals surface area contributed by atoms with Gasteiger partial charge in [-0.2, -0.15) is 0 Å². The lowest BCUT2D eigenvalue weighted by Crippen LogP contribution is -2.33. The molecule has 2 heterocycles. The van der Waals surface area contributed by atoms with Crippen molar-refractivity contribution in [1.82, 2.24) is 0 Å². The highest BCUT2D eigenvalue weighted by molar-refractivity contribution is 5.82. The fraction of sp³-hybridized carbons (Fsp3) is 0.609. The molecule has 0 spiro atoms. The van der Waals surface area contributed by atoms with E-state index < -0.39 is 30.9 Å². The number of rotatable bonds is 2. The van der Waals surface area contributed by atoms with Crippen LogP contribution >= 0.6 is 0 Å². The summed E-state index contributed by atoms with van der Waals surface area (Å²) in [5.41, 5.74) is 0.972. The standard InChI is InChI=1S/C23H34O6/c1-16-12-17(2)14-20-9-4-7-19(28-20)8-5-11-23(27)29-22(21(26)15-24)10-3-6-18(25)13-16/h3-7,11,17-22,24-26H,1,8-10,12-15H2,2H3/t17-,18?,19-,20-,21-,22-/m0/s1. The third-order valence-electron chi connectivity index (χ3n) is 5.15. The van der Waals surface area contributed by atoms with Crippen LogP contribution in [0.4, 0.5) is 0 Å². The average Bonchev–Trinajstić information content (AvgIpc) is 2.65. The summed E-state index contributed by atoms with van der Waals surface area (Å²) in [7, 11) is 0. The molecule has 6 atom stereocenters. The zero-order chi connectivity index (χ0) is 21.2. The number of carbonyl (C=O) groups excluding carboxylic acids is 1. The second-order valence-electron chi connectivity index (χ2n) is 8.05. The van der Waals surface area contributed by atoms with Gasteiger partial charge in [-0.1, -0.05) is 49.5 Å². The van der Waals surface area contributed by atoms with Crippen molar-refractivity contribution in [3.8, 4) is 0 Å². The van der Waals surface area contributed by atoms with Crippen LogP contribution in [0.1, 0.15) is 45.4 Å². The highest BCUT2D eigenvalue weighted by Crippen LogP contribution is 2.25. The van der Waals surface area contributed by atoms with E-state index in [1.54, 1.807) is 18.2 Å². The number of esters is 1. The fourth-order valence-corrected chi connectivity index (χ4v) is 3.75. The summed E-state index contributed by atoms with van der Waals surface area (Å²) in [6.07, 6.45) is 11.5. The smallest absolute Gasteiger partial charge is 0.330 e. The first-order valence-electron chi connectivity index (χ1n) is 10.4. The Labute approximate surface area is 173 Å². The maximum Gasteiger partial charge on any atom is 0.330 e. The number of ether oxygens (including phenoxy) is 2. The summed E-state index contributed by atoms with van der Waals surface area (Å²) < 4.78 is 11.4. The Hall–Kier alpha value is -1.73. The molecule has 0 aromatic carbocycles. The molecule has 0 saturated heterocycles. The summed E-state index contributed by atoms with van der Waals surface area (Å²) in [5, 5.41) is 29.4. The second kappa shape index (κ2) is 12.1. The quantitative estimate of drug-likeness (QED) is 0.482. The zero-order valence-electron chi connectivity index (χ0n) is 17.2. The predicted molar refractivity (Wildman–Crippen MR) is 111 cm³/mol. The largest absolute Gasteiger partial charge is 0.456 e. The maximum absolute atomic E-state index is 12.1. The van der Waals surface area contributed by atoms with Crippen molar-refractivity contribution >= 4 is 5.97 Å². The Balaban J connectivity index is 2.11. The molecule has 0 aromatic heterocycles. The van der Waals surface area contributed by atoms with Gasteiger partial charge in [0.25, 0.3) is 0 Å². The minimum absolute atomic E-state index is 0.0873. The molecule has 6 heteroatoms. The summed E-state index contributed by atoms with van der Waals surface area (Å²) in [4.78, 5) is 12.1. The normalized spacial score (nSPS) is 33.6. The minimum atomic E-state index is -1.19. The number of cyclic esters (lactones) is 1. The van der Waals surface area contributed by atoms with Crippen molar-refractivity contribution < 1.29 is 29.6 Å². The Morgan fingerprint density at radius 1 is 1.17 bits per heavy atom. The topological polar surface area (TPSA) is 96.2 Å². The van der Waals surface area contributed by atoms with Gasteiger partial charge in [-0.15, -0.1) is 0 Å². The molecular weight excluding hydrogens is 372 g/mol. The van der Waals surface area contributed by atoms with Gasteiger partial charge in [0.15, 0.2) is 0 Å². The monoisotopic (exact) mass is 406 g/mol. The summed E-state index contributed by atoms with van der Waals surface area (Å²) in [6.45, 7) is 5.74. The number of carbonyl (C=O) groups is 1. The lowest BCUT2D eigenvalue weighted by atomic mass is 9.91. The molecule has 2 rings (SSSR count). The minimum Gasteiger partial charge on any atom is -0.456 e. The van der Waals surface area contributed by atoms with Crippen molar-refractivity contribution in [1.29, 1.82) is 0 Å². The first-order valence-corrected chi connectivity index (χ1v) is 10.4. The molecule has 6 nitrogen and oxygen atoms in total. The van der Waals surface area contributed by atoms with E-state index >= 15 is 0 Å². The molecule has 2 aliphatic rings. The lowest BCUT2D eigenvalue weighted by molar-refractivity contribution is -0.150. The van der Waals surface area contributed by atoms with Crippen LogP contribution in [-0.4, -0.2) is 58.4 Å². The van der Waals surface area contributed by atoms with Gasteiger partial charge in [-0.05, 0) is 38.0 Å². The van der Waals surface area contributed by atoms with Crippen LogP contribution in [0.5, 0.6) is 0 Å². The fourth-order valence-electron chi connectivity index (χ4n) is 3.75. The van der Waals surface area contributed by atoms with Crippen LogP contribution in [-0.2, 0) is 14.3 Å². The van der Waals surface area contributed by atoms with Gasteiger partial charge in [-0.3, -0.25) is 0 Å². The molecule has 0 saturated carbocycles. The van der Waals surface area contributed by atoms with Gasteiger partial charge < -0.3 is 24.8 Å². The van der Waals surface area contributed by atoms with Crippen molar-refractivity contribution in [2.45, 2.75) is 76.0 Å². The van der Waals surface area contributed by atoms with E-state index in [2.05, 4.69) is 19.6 Å². The van der Waals surface area contributed by atoms with Gasteiger partial charge in [0.2, 0.25) is 0 Å². The third-order valence-corrected chi connectivity index (χ3v) is 5.15. The van der Waals surface area contributed by atoms with E-state index in [9.17, 15) is 20.1 Å². The molecule has 0 fully saturated rings. The van der Waals surface area contributed by atoms with Gasteiger partial charge in [0.1, 0.15) is 12.2 Å². The van der Waals surface area contributed by atoms with E-state index in [1.165, 1.54) is 6.08 Å². The lowest BCUT2D eigenvalue weighted by Gasteiger charge is -2.28. The first-order chi connectivity index (χ1) is 13.9. The van der Waals surface area contributed by atoms with Crippen LogP contribution in [0.25, 0.3) is 0 Å². The first kappa shape index (κ1) is 23.5. The molecular formula is C23H34O6. The van der Waals surface area contributed by atoms with Crippen molar-refractivity contribution in [3.63, 3.8) is 0 Å². The number of hydrogen-bond acceptors (Lipinski definition) is 6. The Bertz CT molecular complexity index is 623. The molecule has 0 aliphatic carbocycles. The predicted octanol–water partition coefficient (Wildman–Crippen LogP) is 2.59. The SMILES string of the molecule is C=C1CC(O)C=CC[C@@H]([C@@H](O)CO)OC(=O)C=CC[C@@H]2C=CC[C@@H](C[C@@H](C)C1)O2. The van der Waals surface area contributed by atoms with Gasteiger partial charge in [0.05, 0.1) is 24.9 Å². The molecule has 0 amide bonds. The molecule has 2 bridgehead atoms. The average molecular weight is 407 g/mol. The number of aliphatic hydroxyl groups is 3. The van der Waals surface area contributed by atoms with Crippen LogP contribution in [0.15, 0.2) is 48.6 Å². The molecule has 0 aromatic rings. The molecule has 29 heavy (non-hydrogen) atoms. The van der Waals surface area contributed by atoms with E-state index in [0.717, 1.165) is 24.8 Å². The van der Waals surface area contributed by atoms with Crippen LogP contribution in [0.2, 0.25) is 0 Å². The van der Waals surface area contributed by atoms with Gasteiger partial charge in [-0.25, -0.2) is 4.79 Å². The maximum atomic E-state index is 12.1. The number of hydrogen-bond donors (Lipinski definition) is 3. The zero-order valence-corrected chi connectivity index (χ0v) is 17.2. The van der Waals surface area contributed by atoms with E-state index in [1.807, 2.05) is 6.08 Å². The Kier molecular flexibility index (Phi) is 9.81. The molecule has 162 valence electrons. The van der Waals surface area contributed by atoms with E-state index in [4.69, 9.17) is 9.47 Å². The van der Waals surface area contributed by atoms with E-state index in [-0.39, 0.29) is 18.6 Å². The van der Waals surface area contributed by atoms with Crippen molar-refractivity contribution in [2.24, 2.45) is 5.92 Å². The highest BCUT2D eigenvalue weighted by atomic mass is 16.6. The van der Waals surface area contributed by atoms with Crippen LogP contribution in [0.3, 0.4) is 0 Å². The Morgan fingerprint density at radius 2 is 1.93 bits per heavy atom. The number of aliphatic hydroxyl groups excluding tert-OH is 3. The van der Waals surface area contributed by atoms with Crippen LogP contribution < -0.4 is 0 Å². The summed E-state index contributed by atoms with van der Waals surface area (Å²) in [5.74, 6) is -0.194. The molecule has 1 unspecified atom stereocenters. The van der Waals surface area contributed by atoms with Crippen LogP contribution in [0, 0.1) is 5.92 Å². The van der Waals surface area contributed by atoms with Gasteiger partial charge in [0, 0.05) is 12.5 Å². The molecule has 2 aliphatic heterocycles. The summed E-state index contributed by atoms with van der Waals surface area (Å²) >= 11 is 0. The molecule has 0 radical (unpaired) electrons. The van der Waals surface area contributed by atoms with E-state index in [0.29, 0.717) is 18.8 Å². The Morgan fingerprint density at radius 3 is 2.69 bits per heavy atom. The molecule has 3 N–H and O–H groups in total. The van der Waals surface area contributed by atoms with Crippen molar-refractivity contribution in [3.05, 3.63) is 48.6 Å². The highest BCUT2D eigenvalue weighted by Gasteiger charge is 2.22. The second-order valence-corrected chi connectivity index (χ2v) is 8.05. The van der Waals surface area contributed by atoms with Crippen molar-refractivity contribution in [2.75, 3.05) is 6.61 Å². The number of fused-ring (bicyclic) bond motifs is 2.